The lowest BCUT2D eigenvalue weighted by Crippen LogP contribution is -2.31. The number of aliphatic hydroxyl groups excluding tert-OH is 1. The van der Waals surface area contributed by atoms with Gasteiger partial charge < -0.3 is 10.4 Å². The van der Waals surface area contributed by atoms with E-state index in [0.717, 1.165) is 19.3 Å². The van der Waals surface area contributed by atoms with Crippen LogP contribution in [0.25, 0.3) is 0 Å². The topological polar surface area (TPSA) is 49.3 Å². The average Bonchev–Trinajstić information content (AvgIpc) is 2.14. The second-order valence-corrected chi connectivity index (χ2v) is 3.32. The summed E-state index contributed by atoms with van der Waals surface area (Å²) < 4.78 is 0. The fourth-order valence-corrected chi connectivity index (χ4v) is 1.000. The van der Waals surface area contributed by atoms with E-state index in [4.69, 9.17) is 5.11 Å². The molecular weight excluding hydrogens is 166 g/mol. The van der Waals surface area contributed by atoms with Crippen LogP contribution in [0.5, 0.6) is 0 Å². The summed E-state index contributed by atoms with van der Waals surface area (Å²) in [6.45, 7) is 4.40. The number of hydrogen-bond acceptors (Lipinski definition) is 2. The quantitative estimate of drug-likeness (QED) is 0.593. The van der Waals surface area contributed by atoms with Crippen molar-refractivity contribution in [1.82, 2.24) is 5.32 Å². The molecule has 3 heteroatoms. The second-order valence-electron chi connectivity index (χ2n) is 3.32. The van der Waals surface area contributed by atoms with Gasteiger partial charge in [-0.25, -0.2) is 0 Å². The van der Waals surface area contributed by atoms with Crippen LogP contribution in [-0.4, -0.2) is 23.7 Å². The molecule has 0 bridgehead atoms. The van der Waals surface area contributed by atoms with Gasteiger partial charge in [0.05, 0.1) is 6.10 Å². The van der Waals surface area contributed by atoms with E-state index < -0.39 is 6.10 Å². The van der Waals surface area contributed by atoms with Crippen molar-refractivity contribution in [1.29, 1.82) is 0 Å². The van der Waals surface area contributed by atoms with Crippen LogP contribution in [0.1, 0.15) is 46.0 Å². The van der Waals surface area contributed by atoms with Crippen molar-refractivity contribution in [3.8, 4) is 0 Å². The third kappa shape index (κ3) is 7.78. The van der Waals surface area contributed by atoms with Crippen LogP contribution < -0.4 is 5.32 Å². The van der Waals surface area contributed by atoms with Crippen LogP contribution in [-0.2, 0) is 4.79 Å². The highest BCUT2D eigenvalue weighted by molar-refractivity contribution is 5.75. The fourth-order valence-electron chi connectivity index (χ4n) is 1.000. The predicted molar refractivity (Wildman–Crippen MR) is 53.4 cm³/mol. The summed E-state index contributed by atoms with van der Waals surface area (Å²) in [7, 11) is 0. The number of nitrogens with one attached hydrogen (secondary N) is 1. The molecule has 0 saturated carbocycles. The molecule has 0 saturated heterocycles. The van der Waals surface area contributed by atoms with E-state index in [1.54, 1.807) is 0 Å². The molecule has 0 rings (SSSR count). The standard InChI is InChI=1S/C10H21NO2/c1-3-5-6-7-10(13)11-8-9(12)4-2/h9,12H,3-8H2,1-2H3,(H,11,13). The molecule has 1 unspecified atom stereocenters. The van der Waals surface area contributed by atoms with Gasteiger partial charge in [-0.05, 0) is 12.8 Å². The van der Waals surface area contributed by atoms with E-state index in [1.165, 1.54) is 0 Å². The molecular formula is C10H21NO2. The van der Waals surface area contributed by atoms with Gasteiger partial charge in [0, 0.05) is 13.0 Å². The first kappa shape index (κ1) is 12.4. The Bertz CT molecular complexity index is 137. The maximum atomic E-state index is 11.1. The number of hydrogen-bond donors (Lipinski definition) is 2. The highest BCUT2D eigenvalue weighted by Crippen LogP contribution is 1.98. The monoisotopic (exact) mass is 187 g/mol. The van der Waals surface area contributed by atoms with E-state index in [0.29, 0.717) is 19.4 Å². The molecule has 0 heterocycles. The maximum absolute atomic E-state index is 11.1. The summed E-state index contributed by atoms with van der Waals surface area (Å²) >= 11 is 0. The summed E-state index contributed by atoms with van der Waals surface area (Å²) in [6, 6.07) is 0. The normalized spacial score (nSPS) is 12.5. The number of amides is 1. The first-order valence-electron chi connectivity index (χ1n) is 5.15. The lowest BCUT2D eigenvalue weighted by Gasteiger charge is -2.08. The molecule has 2 N–H and O–H groups in total. The summed E-state index contributed by atoms with van der Waals surface area (Å²) in [5.41, 5.74) is 0. The van der Waals surface area contributed by atoms with E-state index in [-0.39, 0.29) is 5.91 Å². The molecule has 0 aliphatic rings. The molecule has 78 valence electrons. The first-order valence-corrected chi connectivity index (χ1v) is 5.15. The molecule has 0 aromatic heterocycles. The smallest absolute Gasteiger partial charge is 0.220 e. The molecule has 0 radical (unpaired) electrons. The zero-order chi connectivity index (χ0) is 10.1. The number of carbonyl (C=O) groups is 1. The maximum Gasteiger partial charge on any atom is 0.220 e. The Balaban J connectivity index is 3.30. The third-order valence-corrected chi connectivity index (χ3v) is 2.01. The largest absolute Gasteiger partial charge is 0.391 e. The minimum atomic E-state index is -0.393. The molecule has 0 aromatic rings. The Morgan fingerprint density at radius 3 is 2.62 bits per heavy atom. The lowest BCUT2D eigenvalue weighted by atomic mass is 10.2. The van der Waals surface area contributed by atoms with Gasteiger partial charge >= 0.3 is 0 Å². The van der Waals surface area contributed by atoms with Crippen LogP contribution in [0.3, 0.4) is 0 Å². The Morgan fingerprint density at radius 1 is 1.38 bits per heavy atom. The average molecular weight is 187 g/mol. The summed E-state index contributed by atoms with van der Waals surface area (Å²) in [5, 5.41) is 11.9. The summed E-state index contributed by atoms with van der Waals surface area (Å²) in [4.78, 5) is 11.1. The minimum Gasteiger partial charge on any atom is -0.391 e. The molecule has 3 nitrogen and oxygen atoms in total. The third-order valence-electron chi connectivity index (χ3n) is 2.01. The lowest BCUT2D eigenvalue weighted by molar-refractivity contribution is -0.121. The molecule has 0 aliphatic heterocycles. The fraction of sp³-hybridized carbons (Fsp3) is 0.900. The minimum absolute atomic E-state index is 0.0564. The van der Waals surface area contributed by atoms with Crippen molar-refractivity contribution in [2.75, 3.05) is 6.54 Å². The SMILES string of the molecule is CCCCCC(=O)NCC(O)CC. The van der Waals surface area contributed by atoms with E-state index in [9.17, 15) is 4.79 Å². The van der Waals surface area contributed by atoms with Crippen LogP contribution in [0.15, 0.2) is 0 Å². The molecule has 0 fully saturated rings. The van der Waals surface area contributed by atoms with Crippen LogP contribution in [0.2, 0.25) is 0 Å². The molecule has 13 heavy (non-hydrogen) atoms. The number of rotatable bonds is 7. The first-order chi connectivity index (χ1) is 6.20. The van der Waals surface area contributed by atoms with Gasteiger partial charge in [-0.15, -0.1) is 0 Å². The number of unbranched alkanes of at least 4 members (excludes halogenated alkanes) is 2. The van der Waals surface area contributed by atoms with Crippen molar-refractivity contribution in [2.24, 2.45) is 0 Å². The number of aliphatic hydroxyl groups is 1. The summed E-state index contributed by atoms with van der Waals surface area (Å²) in [5.74, 6) is 0.0564. The van der Waals surface area contributed by atoms with Crippen molar-refractivity contribution >= 4 is 5.91 Å². The predicted octanol–water partition coefficient (Wildman–Crippen LogP) is 1.45. The van der Waals surface area contributed by atoms with Gasteiger partial charge in [-0.2, -0.15) is 0 Å². The zero-order valence-corrected chi connectivity index (χ0v) is 8.68. The van der Waals surface area contributed by atoms with Crippen molar-refractivity contribution in [3.63, 3.8) is 0 Å². The summed E-state index contributed by atoms with van der Waals surface area (Å²) in [6.07, 6.45) is 4.06. The van der Waals surface area contributed by atoms with Crippen molar-refractivity contribution < 1.29 is 9.90 Å². The molecule has 0 aliphatic carbocycles. The van der Waals surface area contributed by atoms with Gasteiger partial charge in [0.25, 0.3) is 0 Å². The van der Waals surface area contributed by atoms with E-state index >= 15 is 0 Å². The van der Waals surface area contributed by atoms with Crippen molar-refractivity contribution in [3.05, 3.63) is 0 Å². The van der Waals surface area contributed by atoms with Crippen LogP contribution >= 0.6 is 0 Å². The van der Waals surface area contributed by atoms with E-state index in [2.05, 4.69) is 12.2 Å². The Hall–Kier alpha value is -0.570. The Kier molecular flexibility index (Phi) is 7.69. The van der Waals surface area contributed by atoms with Gasteiger partial charge in [-0.3, -0.25) is 4.79 Å². The van der Waals surface area contributed by atoms with Crippen LogP contribution in [0, 0.1) is 0 Å². The molecule has 0 spiro atoms. The molecule has 0 aromatic carbocycles. The van der Waals surface area contributed by atoms with Gasteiger partial charge in [0.2, 0.25) is 5.91 Å². The van der Waals surface area contributed by atoms with Gasteiger partial charge in [0.15, 0.2) is 0 Å². The highest BCUT2D eigenvalue weighted by atomic mass is 16.3. The highest BCUT2D eigenvalue weighted by Gasteiger charge is 2.03. The van der Waals surface area contributed by atoms with Gasteiger partial charge in [0.1, 0.15) is 0 Å². The number of carbonyl (C=O) groups excluding carboxylic acids is 1. The molecule has 1 atom stereocenters. The van der Waals surface area contributed by atoms with E-state index in [1.807, 2.05) is 6.92 Å². The Labute approximate surface area is 80.5 Å². The molecule has 1 amide bonds. The second kappa shape index (κ2) is 8.05. The van der Waals surface area contributed by atoms with Crippen LogP contribution in [0.4, 0.5) is 0 Å². The van der Waals surface area contributed by atoms with Crippen molar-refractivity contribution in [2.45, 2.75) is 52.1 Å². The van der Waals surface area contributed by atoms with Gasteiger partial charge in [-0.1, -0.05) is 26.7 Å². The Morgan fingerprint density at radius 2 is 2.08 bits per heavy atom. The zero-order valence-electron chi connectivity index (χ0n) is 8.68.